The Hall–Kier alpha value is -0.340. The molecule has 1 saturated heterocycles. The van der Waals surface area contributed by atoms with E-state index in [4.69, 9.17) is 0 Å². The van der Waals surface area contributed by atoms with Crippen molar-refractivity contribution >= 4 is 0 Å². The molecule has 0 saturated carbocycles. The fourth-order valence-corrected chi connectivity index (χ4v) is 2.45. The van der Waals surface area contributed by atoms with Crippen LogP contribution in [0, 0.1) is 5.92 Å². The highest BCUT2D eigenvalue weighted by Gasteiger charge is 2.26. The Bertz CT molecular complexity index is 199. The summed E-state index contributed by atoms with van der Waals surface area (Å²) in [5, 5.41) is 3.34. The maximum atomic E-state index is 4.15. The van der Waals surface area contributed by atoms with Crippen molar-refractivity contribution in [2.75, 3.05) is 26.2 Å². The summed E-state index contributed by atoms with van der Waals surface area (Å²) in [7, 11) is 0. The van der Waals surface area contributed by atoms with Gasteiger partial charge in [-0.25, -0.2) is 0 Å². The zero-order chi connectivity index (χ0) is 11.3. The van der Waals surface area contributed by atoms with Gasteiger partial charge in [-0.1, -0.05) is 27.4 Å². The lowest BCUT2D eigenvalue weighted by atomic mass is 10.0. The van der Waals surface area contributed by atoms with Crippen LogP contribution in [0.5, 0.6) is 0 Å². The van der Waals surface area contributed by atoms with E-state index in [9.17, 15) is 0 Å². The quantitative estimate of drug-likeness (QED) is 0.677. The van der Waals surface area contributed by atoms with Crippen molar-refractivity contribution in [3.63, 3.8) is 0 Å². The summed E-state index contributed by atoms with van der Waals surface area (Å²) in [6.07, 6.45) is 2.73. The van der Waals surface area contributed by atoms with Crippen molar-refractivity contribution < 1.29 is 0 Å². The molecule has 15 heavy (non-hydrogen) atoms. The number of likely N-dealkylation sites (N-methyl/N-ethyl adjacent to an activating group) is 1. The van der Waals surface area contributed by atoms with E-state index in [1.165, 1.54) is 25.0 Å². The number of likely N-dealkylation sites (tertiary alicyclic amines) is 1. The summed E-state index contributed by atoms with van der Waals surface area (Å²) >= 11 is 0. The van der Waals surface area contributed by atoms with Gasteiger partial charge in [-0.05, 0) is 37.4 Å². The number of hydrogen-bond acceptors (Lipinski definition) is 2. The predicted octanol–water partition coefficient (Wildman–Crippen LogP) is 2.27. The Morgan fingerprint density at radius 3 is 2.87 bits per heavy atom. The molecule has 0 amide bonds. The first-order valence-electron chi connectivity index (χ1n) is 6.26. The van der Waals surface area contributed by atoms with Gasteiger partial charge in [0.1, 0.15) is 0 Å². The number of rotatable bonds is 6. The fraction of sp³-hybridized carbons (Fsp3) is 0.846. The summed E-state index contributed by atoms with van der Waals surface area (Å²) < 4.78 is 0. The van der Waals surface area contributed by atoms with Gasteiger partial charge >= 0.3 is 0 Å². The lowest BCUT2D eigenvalue weighted by molar-refractivity contribution is 0.221. The van der Waals surface area contributed by atoms with E-state index in [0.717, 1.165) is 31.6 Å². The second kappa shape index (κ2) is 6.29. The molecule has 0 aromatic carbocycles. The SMILES string of the molecule is C=C(CNCC)CN1CCCC1C(C)C. The number of hydrogen-bond donors (Lipinski definition) is 1. The molecule has 0 bridgehead atoms. The molecule has 1 atom stereocenters. The first-order valence-corrected chi connectivity index (χ1v) is 6.26. The van der Waals surface area contributed by atoms with E-state index < -0.39 is 0 Å². The van der Waals surface area contributed by atoms with Gasteiger partial charge in [0.25, 0.3) is 0 Å². The minimum absolute atomic E-state index is 0.777. The zero-order valence-corrected chi connectivity index (χ0v) is 10.6. The first kappa shape index (κ1) is 12.7. The van der Waals surface area contributed by atoms with Crippen LogP contribution in [0.2, 0.25) is 0 Å². The smallest absolute Gasteiger partial charge is 0.0205 e. The molecule has 0 spiro atoms. The third kappa shape index (κ3) is 3.96. The molecule has 1 heterocycles. The van der Waals surface area contributed by atoms with E-state index in [-0.39, 0.29) is 0 Å². The van der Waals surface area contributed by atoms with E-state index in [0.29, 0.717) is 0 Å². The summed E-state index contributed by atoms with van der Waals surface area (Å²) in [6.45, 7) is 15.3. The van der Waals surface area contributed by atoms with Gasteiger partial charge in [0.2, 0.25) is 0 Å². The molecule has 0 radical (unpaired) electrons. The standard InChI is InChI=1S/C13H26N2/c1-5-14-9-12(4)10-15-8-6-7-13(15)11(2)3/h11,13-14H,4-10H2,1-3H3. The van der Waals surface area contributed by atoms with Crippen LogP contribution in [-0.2, 0) is 0 Å². The normalized spacial score (nSPS) is 22.5. The lowest BCUT2D eigenvalue weighted by Gasteiger charge is -2.28. The molecule has 1 aliphatic heterocycles. The minimum Gasteiger partial charge on any atom is -0.313 e. The van der Waals surface area contributed by atoms with Crippen molar-refractivity contribution in [1.29, 1.82) is 0 Å². The van der Waals surface area contributed by atoms with Crippen LogP contribution < -0.4 is 5.32 Å². The van der Waals surface area contributed by atoms with E-state index in [1.54, 1.807) is 0 Å². The molecule has 1 fully saturated rings. The van der Waals surface area contributed by atoms with Crippen molar-refractivity contribution in [2.24, 2.45) is 5.92 Å². The maximum Gasteiger partial charge on any atom is 0.0205 e. The van der Waals surface area contributed by atoms with E-state index in [1.807, 2.05) is 0 Å². The van der Waals surface area contributed by atoms with Crippen LogP contribution in [-0.4, -0.2) is 37.1 Å². The van der Waals surface area contributed by atoms with Gasteiger partial charge < -0.3 is 5.32 Å². The summed E-state index contributed by atoms with van der Waals surface area (Å²) in [4.78, 5) is 2.60. The van der Waals surface area contributed by atoms with Crippen LogP contribution in [0.1, 0.15) is 33.6 Å². The minimum atomic E-state index is 0.777. The van der Waals surface area contributed by atoms with Crippen molar-refractivity contribution in [1.82, 2.24) is 10.2 Å². The monoisotopic (exact) mass is 210 g/mol. The Labute approximate surface area is 94.7 Å². The largest absolute Gasteiger partial charge is 0.313 e. The Morgan fingerprint density at radius 2 is 2.27 bits per heavy atom. The molecule has 1 unspecified atom stereocenters. The van der Waals surface area contributed by atoms with Gasteiger partial charge in [0, 0.05) is 19.1 Å². The average molecular weight is 210 g/mol. The maximum absolute atomic E-state index is 4.15. The topological polar surface area (TPSA) is 15.3 Å². The van der Waals surface area contributed by atoms with Crippen molar-refractivity contribution in [3.05, 3.63) is 12.2 Å². The van der Waals surface area contributed by atoms with Crippen LogP contribution in [0.15, 0.2) is 12.2 Å². The van der Waals surface area contributed by atoms with Gasteiger partial charge in [0.15, 0.2) is 0 Å². The Kier molecular flexibility index (Phi) is 5.34. The third-order valence-corrected chi connectivity index (χ3v) is 3.24. The van der Waals surface area contributed by atoms with Crippen LogP contribution >= 0.6 is 0 Å². The molecular formula is C13H26N2. The molecule has 88 valence electrons. The number of nitrogens with zero attached hydrogens (tertiary/aromatic N) is 1. The molecule has 2 nitrogen and oxygen atoms in total. The highest BCUT2D eigenvalue weighted by atomic mass is 15.2. The van der Waals surface area contributed by atoms with Gasteiger partial charge in [-0.2, -0.15) is 0 Å². The average Bonchev–Trinajstić information content (AvgIpc) is 2.62. The summed E-state index contributed by atoms with van der Waals surface area (Å²) in [5.74, 6) is 0.777. The van der Waals surface area contributed by atoms with Crippen LogP contribution in [0.4, 0.5) is 0 Å². The van der Waals surface area contributed by atoms with Gasteiger partial charge in [-0.15, -0.1) is 0 Å². The lowest BCUT2D eigenvalue weighted by Crippen LogP contribution is -2.36. The molecule has 0 aromatic heterocycles. The first-order chi connectivity index (χ1) is 7.15. The molecular weight excluding hydrogens is 184 g/mol. The van der Waals surface area contributed by atoms with Crippen molar-refractivity contribution in [3.8, 4) is 0 Å². The van der Waals surface area contributed by atoms with Gasteiger partial charge in [0.05, 0.1) is 0 Å². The van der Waals surface area contributed by atoms with E-state index in [2.05, 4.69) is 37.6 Å². The molecule has 0 aliphatic carbocycles. The Morgan fingerprint density at radius 1 is 1.53 bits per heavy atom. The molecule has 1 aliphatic rings. The number of nitrogens with one attached hydrogen (secondary N) is 1. The third-order valence-electron chi connectivity index (χ3n) is 3.24. The highest BCUT2D eigenvalue weighted by molar-refractivity contribution is 5.02. The second-order valence-electron chi connectivity index (χ2n) is 4.95. The fourth-order valence-electron chi connectivity index (χ4n) is 2.45. The van der Waals surface area contributed by atoms with Crippen LogP contribution in [0.3, 0.4) is 0 Å². The molecule has 0 aromatic rings. The van der Waals surface area contributed by atoms with E-state index >= 15 is 0 Å². The second-order valence-corrected chi connectivity index (χ2v) is 4.95. The highest BCUT2D eigenvalue weighted by Crippen LogP contribution is 2.23. The zero-order valence-electron chi connectivity index (χ0n) is 10.6. The van der Waals surface area contributed by atoms with Gasteiger partial charge in [-0.3, -0.25) is 4.90 Å². The Balaban J connectivity index is 2.33. The summed E-state index contributed by atoms with van der Waals surface area (Å²) in [5.41, 5.74) is 1.32. The van der Waals surface area contributed by atoms with Crippen molar-refractivity contribution in [2.45, 2.75) is 39.7 Å². The molecule has 2 heteroatoms. The molecule has 1 rings (SSSR count). The van der Waals surface area contributed by atoms with Crippen LogP contribution in [0.25, 0.3) is 0 Å². The predicted molar refractivity (Wildman–Crippen MR) is 67.1 cm³/mol. The molecule has 1 N–H and O–H groups in total. The summed E-state index contributed by atoms with van der Waals surface area (Å²) in [6, 6.07) is 0.781.